The molecule has 72 valence electrons. The van der Waals surface area contributed by atoms with Gasteiger partial charge in [0.25, 0.3) is 0 Å². The number of allylic oxidation sites excluding steroid dienone is 3. The minimum atomic E-state index is 0.378. The van der Waals surface area contributed by atoms with Crippen LogP contribution in [0.3, 0.4) is 0 Å². The zero-order valence-corrected chi connectivity index (χ0v) is 9.46. The van der Waals surface area contributed by atoms with Crippen molar-refractivity contribution < 1.29 is 4.74 Å². The van der Waals surface area contributed by atoms with E-state index in [0.717, 1.165) is 12.8 Å². The Bertz CT molecular complexity index is 226. The van der Waals surface area contributed by atoms with Crippen LogP contribution in [0.5, 0.6) is 0 Å². The van der Waals surface area contributed by atoms with Gasteiger partial charge in [-0.05, 0) is 31.4 Å². The number of ether oxygens (including phenoxy) is 1. The van der Waals surface area contributed by atoms with Gasteiger partial charge >= 0.3 is 0 Å². The lowest BCUT2D eigenvalue weighted by Crippen LogP contribution is -1.94. The van der Waals surface area contributed by atoms with Gasteiger partial charge in [-0.15, -0.1) is 0 Å². The largest absolute Gasteiger partial charge is 0.497 e. The van der Waals surface area contributed by atoms with Crippen molar-refractivity contribution in [2.24, 2.45) is 0 Å². The number of hydrogen-bond donors (Lipinski definition) is 0. The summed E-state index contributed by atoms with van der Waals surface area (Å²) in [6, 6.07) is 0. The molecule has 0 heterocycles. The van der Waals surface area contributed by atoms with Crippen molar-refractivity contribution in [2.45, 2.75) is 24.6 Å². The second kappa shape index (κ2) is 6.03. The van der Waals surface area contributed by atoms with Gasteiger partial charge in [0.05, 0.1) is 6.26 Å². The Labute approximate surface area is 88.3 Å². The van der Waals surface area contributed by atoms with Gasteiger partial charge in [0, 0.05) is 4.83 Å². The van der Waals surface area contributed by atoms with E-state index in [9.17, 15) is 0 Å². The summed E-state index contributed by atoms with van der Waals surface area (Å²) in [4.78, 5) is 0.378. The minimum absolute atomic E-state index is 0.378. The molecule has 0 saturated carbocycles. The first-order valence-electron chi connectivity index (χ1n) is 4.57. The number of rotatable bonds is 4. The van der Waals surface area contributed by atoms with E-state index in [1.54, 1.807) is 6.26 Å². The van der Waals surface area contributed by atoms with Gasteiger partial charge in [0.1, 0.15) is 6.61 Å². The van der Waals surface area contributed by atoms with Gasteiger partial charge in [0.15, 0.2) is 0 Å². The molecule has 1 aliphatic carbocycles. The van der Waals surface area contributed by atoms with Crippen LogP contribution in [-0.4, -0.2) is 11.4 Å². The highest BCUT2D eigenvalue weighted by atomic mass is 79.9. The smallest absolute Gasteiger partial charge is 0.112 e. The van der Waals surface area contributed by atoms with E-state index in [0.29, 0.717) is 11.4 Å². The van der Waals surface area contributed by atoms with Crippen LogP contribution in [-0.2, 0) is 4.74 Å². The van der Waals surface area contributed by atoms with E-state index < -0.39 is 0 Å². The summed E-state index contributed by atoms with van der Waals surface area (Å²) >= 11 is 3.41. The summed E-state index contributed by atoms with van der Waals surface area (Å²) in [7, 11) is 0. The standard InChI is InChI=1S/C11H15BrO/c1-10(12)7-8-13-9-11-5-3-2-4-6-11/h3,5-8,10H,2,4,9H2,1H3/b8-7+. The molecule has 0 aromatic carbocycles. The Hall–Kier alpha value is -0.500. The average Bonchev–Trinajstić information content (AvgIpc) is 2.14. The van der Waals surface area contributed by atoms with Gasteiger partial charge in [-0.1, -0.05) is 34.2 Å². The molecule has 1 unspecified atom stereocenters. The molecule has 0 bridgehead atoms. The maximum absolute atomic E-state index is 5.35. The first-order chi connectivity index (χ1) is 6.29. The molecule has 0 radical (unpaired) electrons. The summed E-state index contributed by atoms with van der Waals surface area (Å²) < 4.78 is 5.35. The highest BCUT2D eigenvalue weighted by Gasteiger charge is 1.95. The highest BCUT2D eigenvalue weighted by Crippen LogP contribution is 2.09. The maximum Gasteiger partial charge on any atom is 0.112 e. The van der Waals surface area contributed by atoms with Crippen LogP contribution in [0.4, 0.5) is 0 Å². The molecule has 1 rings (SSSR count). The highest BCUT2D eigenvalue weighted by molar-refractivity contribution is 9.09. The monoisotopic (exact) mass is 242 g/mol. The molecule has 0 spiro atoms. The lowest BCUT2D eigenvalue weighted by Gasteiger charge is -2.06. The van der Waals surface area contributed by atoms with E-state index in [4.69, 9.17) is 4.74 Å². The number of halogens is 1. The predicted molar refractivity (Wildman–Crippen MR) is 59.9 cm³/mol. The summed E-state index contributed by atoms with van der Waals surface area (Å²) in [5, 5.41) is 0. The van der Waals surface area contributed by atoms with E-state index >= 15 is 0 Å². The zero-order chi connectivity index (χ0) is 9.52. The van der Waals surface area contributed by atoms with Crippen LogP contribution in [0.15, 0.2) is 36.1 Å². The molecular weight excluding hydrogens is 228 g/mol. The van der Waals surface area contributed by atoms with Crippen LogP contribution in [0, 0.1) is 0 Å². The predicted octanol–water partition coefficient (Wildman–Crippen LogP) is 3.58. The second-order valence-electron chi connectivity index (χ2n) is 3.08. The molecule has 1 atom stereocenters. The van der Waals surface area contributed by atoms with Crippen molar-refractivity contribution in [1.29, 1.82) is 0 Å². The molecule has 0 amide bonds. The third-order valence-corrected chi connectivity index (χ3v) is 2.07. The molecule has 13 heavy (non-hydrogen) atoms. The summed E-state index contributed by atoms with van der Waals surface area (Å²) in [6.07, 6.45) is 12.6. The molecule has 1 aliphatic rings. The molecule has 0 saturated heterocycles. The summed E-state index contributed by atoms with van der Waals surface area (Å²) in [6.45, 7) is 2.74. The van der Waals surface area contributed by atoms with Crippen molar-refractivity contribution >= 4 is 15.9 Å². The van der Waals surface area contributed by atoms with Gasteiger partial charge in [-0.2, -0.15) is 0 Å². The Balaban J connectivity index is 2.19. The van der Waals surface area contributed by atoms with Gasteiger partial charge in [-0.3, -0.25) is 0 Å². The molecular formula is C11H15BrO. The van der Waals surface area contributed by atoms with Crippen LogP contribution in [0.1, 0.15) is 19.8 Å². The van der Waals surface area contributed by atoms with Crippen LogP contribution in [0.2, 0.25) is 0 Å². The number of alkyl halides is 1. The molecule has 0 fully saturated rings. The van der Waals surface area contributed by atoms with Crippen molar-refractivity contribution in [3.05, 3.63) is 36.1 Å². The van der Waals surface area contributed by atoms with Crippen molar-refractivity contribution in [1.82, 2.24) is 0 Å². The molecule has 1 nitrogen and oxygen atoms in total. The Morgan fingerprint density at radius 3 is 3.08 bits per heavy atom. The van der Waals surface area contributed by atoms with E-state index in [1.807, 2.05) is 6.08 Å². The second-order valence-corrected chi connectivity index (χ2v) is 4.52. The molecule has 0 N–H and O–H groups in total. The quantitative estimate of drug-likeness (QED) is 0.541. The van der Waals surface area contributed by atoms with Gasteiger partial charge in [0.2, 0.25) is 0 Å². The molecule has 2 heteroatoms. The molecule has 0 aromatic rings. The third-order valence-electron chi connectivity index (χ3n) is 1.76. The van der Waals surface area contributed by atoms with Gasteiger partial charge < -0.3 is 4.74 Å². The van der Waals surface area contributed by atoms with Crippen LogP contribution in [0.25, 0.3) is 0 Å². The van der Waals surface area contributed by atoms with E-state index in [1.165, 1.54) is 5.57 Å². The lowest BCUT2D eigenvalue weighted by molar-refractivity contribution is 0.281. The van der Waals surface area contributed by atoms with Crippen LogP contribution < -0.4 is 0 Å². The molecule has 0 aliphatic heterocycles. The van der Waals surface area contributed by atoms with E-state index in [2.05, 4.69) is 41.1 Å². The topological polar surface area (TPSA) is 9.23 Å². The maximum atomic E-state index is 5.35. The first-order valence-corrected chi connectivity index (χ1v) is 5.48. The third kappa shape index (κ3) is 4.94. The lowest BCUT2D eigenvalue weighted by atomic mass is 10.1. The van der Waals surface area contributed by atoms with Crippen molar-refractivity contribution in [2.75, 3.05) is 6.61 Å². The zero-order valence-electron chi connectivity index (χ0n) is 7.87. The normalized spacial score (nSPS) is 18.8. The van der Waals surface area contributed by atoms with Gasteiger partial charge in [-0.25, -0.2) is 0 Å². The fraction of sp³-hybridized carbons (Fsp3) is 0.455. The average molecular weight is 243 g/mol. The SMILES string of the molecule is CC(Br)/C=C/OCC1=CCCC=C1. The Morgan fingerprint density at radius 1 is 1.62 bits per heavy atom. The molecule has 0 aromatic heterocycles. The minimum Gasteiger partial charge on any atom is -0.497 e. The Morgan fingerprint density at radius 2 is 2.46 bits per heavy atom. The first kappa shape index (κ1) is 10.6. The summed E-state index contributed by atoms with van der Waals surface area (Å²) in [5.41, 5.74) is 1.28. The van der Waals surface area contributed by atoms with Crippen LogP contribution >= 0.6 is 15.9 Å². The number of hydrogen-bond acceptors (Lipinski definition) is 1. The fourth-order valence-corrected chi connectivity index (χ4v) is 1.21. The fourth-order valence-electron chi connectivity index (χ4n) is 1.08. The van der Waals surface area contributed by atoms with Crippen molar-refractivity contribution in [3.63, 3.8) is 0 Å². The Kier molecular flexibility index (Phi) is 4.91. The summed E-state index contributed by atoms with van der Waals surface area (Å²) in [5.74, 6) is 0. The van der Waals surface area contributed by atoms with Crippen molar-refractivity contribution in [3.8, 4) is 0 Å². The van der Waals surface area contributed by atoms with E-state index in [-0.39, 0.29) is 0 Å².